The molecule has 0 heterocycles. The van der Waals surface area contributed by atoms with E-state index in [1.165, 1.54) is 6.21 Å². The van der Waals surface area contributed by atoms with E-state index in [9.17, 15) is 9.59 Å². The van der Waals surface area contributed by atoms with Crippen molar-refractivity contribution in [3.05, 3.63) is 103 Å². The van der Waals surface area contributed by atoms with Gasteiger partial charge in [0.1, 0.15) is 0 Å². The zero-order valence-corrected chi connectivity index (χ0v) is 23.4. The number of fused-ring (bicyclic) bond motifs is 1. The Morgan fingerprint density at radius 2 is 1.69 bits per heavy atom. The first-order valence-electron chi connectivity index (χ1n) is 10.4. The Kier molecular flexibility index (Phi) is 8.53. The Morgan fingerprint density at radius 3 is 2.49 bits per heavy atom. The van der Waals surface area contributed by atoms with E-state index in [4.69, 9.17) is 4.74 Å². The number of nitrogens with one attached hydrogen (secondary N) is 2. The molecule has 0 aromatic heterocycles. The van der Waals surface area contributed by atoms with Gasteiger partial charge in [-0.15, -0.1) is 0 Å². The standard InChI is InChI=1S/C26H18Br2IN3O3/c27-19-11-18(25(22(28)13-19)35-26(34)21-7-3-4-8-23(21)29)14-31-32-24(33)15-30-20-10-9-16-5-1-2-6-17(16)12-20/h1-14,30H,15H2,(H,32,33)/b31-14+. The fourth-order valence-corrected chi connectivity index (χ4v) is 5.20. The van der Waals surface area contributed by atoms with Crippen molar-refractivity contribution >= 4 is 89.0 Å². The maximum absolute atomic E-state index is 12.7. The second kappa shape index (κ2) is 11.8. The Balaban J connectivity index is 1.41. The van der Waals surface area contributed by atoms with Crippen LogP contribution in [-0.2, 0) is 4.79 Å². The van der Waals surface area contributed by atoms with Crippen molar-refractivity contribution in [2.75, 3.05) is 11.9 Å². The number of anilines is 1. The molecule has 0 unspecified atom stereocenters. The van der Waals surface area contributed by atoms with Gasteiger partial charge in [-0.3, -0.25) is 4.79 Å². The van der Waals surface area contributed by atoms with Crippen molar-refractivity contribution in [3.63, 3.8) is 0 Å². The predicted molar refractivity (Wildman–Crippen MR) is 154 cm³/mol. The zero-order chi connectivity index (χ0) is 24.8. The molecule has 0 radical (unpaired) electrons. The molecular weight excluding hydrogens is 689 g/mol. The van der Waals surface area contributed by atoms with Gasteiger partial charge in [0.15, 0.2) is 5.75 Å². The van der Waals surface area contributed by atoms with Crippen LogP contribution >= 0.6 is 54.5 Å². The number of ether oxygens (including phenoxy) is 1. The van der Waals surface area contributed by atoms with Gasteiger partial charge < -0.3 is 10.1 Å². The monoisotopic (exact) mass is 705 g/mol. The number of hydrogen-bond acceptors (Lipinski definition) is 5. The minimum Gasteiger partial charge on any atom is -0.421 e. The molecule has 6 nitrogen and oxygen atoms in total. The molecule has 0 atom stereocenters. The lowest BCUT2D eigenvalue weighted by molar-refractivity contribution is -0.119. The molecule has 0 aliphatic carbocycles. The molecule has 176 valence electrons. The van der Waals surface area contributed by atoms with Crippen molar-refractivity contribution < 1.29 is 14.3 Å². The average molecular weight is 707 g/mol. The first kappa shape index (κ1) is 25.3. The number of nitrogens with zero attached hydrogens (tertiary/aromatic N) is 1. The fourth-order valence-electron chi connectivity index (χ4n) is 3.25. The Morgan fingerprint density at radius 1 is 0.943 bits per heavy atom. The number of halogens is 3. The third-order valence-corrected chi connectivity index (χ3v) is 6.91. The van der Waals surface area contributed by atoms with Crippen LogP contribution in [0.4, 0.5) is 5.69 Å². The van der Waals surface area contributed by atoms with E-state index in [0.717, 1.165) is 24.5 Å². The van der Waals surface area contributed by atoms with Crippen molar-refractivity contribution in [1.82, 2.24) is 5.43 Å². The molecule has 0 aliphatic heterocycles. The quantitative estimate of drug-likeness (QED) is 0.0733. The van der Waals surface area contributed by atoms with Crippen molar-refractivity contribution in [3.8, 4) is 5.75 Å². The molecule has 0 saturated heterocycles. The van der Waals surface area contributed by atoms with Gasteiger partial charge in [-0.05, 0) is 85.7 Å². The van der Waals surface area contributed by atoms with Crippen LogP contribution < -0.4 is 15.5 Å². The molecular formula is C26H18Br2IN3O3. The third kappa shape index (κ3) is 6.68. The van der Waals surface area contributed by atoms with Crippen LogP contribution in [0.5, 0.6) is 5.75 Å². The normalized spacial score (nSPS) is 10.9. The zero-order valence-electron chi connectivity index (χ0n) is 18.1. The third-order valence-electron chi connectivity index (χ3n) is 4.92. The maximum atomic E-state index is 12.7. The van der Waals surface area contributed by atoms with E-state index in [-0.39, 0.29) is 12.5 Å². The van der Waals surface area contributed by atoms with E-state index in [2.05, 4.69) is 70.3 Å². The number of esters is 1. The number of benzene rings is 4. The number of amides is 1. The Bertz CT molecular complexity index is 1440. The first-order valence-corrected chi connectivity index (χ1v) is 13.1. The van der Waals surface area contributed by atoms with E-state index in [1.54, 1.807) is 24.3 Å². The van der Waals surface area contributed by atoms with Gasteiger partial charge in [0.2, 0.25) is 0 Å². The lowest BCUT2D eigenvalue weighted by atomic mass is 10.1. The average Bonchev–Trinajstić information content (AvgIpc) is 2.84. The summed E-state index contributed by atoms with van der Waals surface area (Å²) in [4.78, 5) is 25.0. The summed E-state index contributed by atoms with van der Waals surface area (Å²) in [6.45, 7) is 0.0478. The second-order valence-electron chi connectivity index (χ2n) is 7.38. The largest absolute Gasteiger partial charge is 0.421 e. The molecule has 35 heavy (non-hydrogen) atoms. The number of hydrazone groups is 1. The van der Waals surface area contributed by atoms with E-state index < -0.39 is 5.97 Å². The second-order valence-corrected chi connectivity index (χ2v) is 10.3. The van der Waals surface area contributed by atoms with Crippen molar-refractivity contribution in [2.45, 2.75) is 0 Å². The smallest absolute Gasteiger partial charge is 0.344 e. The van der Waals surface area contributed by atoms with Crippen LogP contribution in [0.15, 0.2) is 92.9 Å². The van der Waals surface area contributed by atoms with Gasteiger partial charge in [-0.25, -0.2) is 10.2 Å². The summed E-state index contributed by atoms with van der Waals surface area (Å²) in [6, 6.07) is 24.6. The molecule has 4 rings (SSSR count). The summed E-state index contributed by atoms with van der Waals surface area (Å²) < 4.78 is 7.77. The molecule has 1 amide bonds. The van der Waals surface area contributed by atoms with Crippen molar-refractivity contribution in [1.29, 1.82) is 0 Å². The highest BCUT2D eigenvalue weighted by atomic mass is 127. The van der Waals surface area contributed by atoms with Crippen LogP contribution in [0, 0.1) is 3.57 Å². The van der Waals surface area contributed by atoms with Crippen LogP contribution in [0.1, 0.15) is 15.9 Å². The summed E-state index contributed by atoms with van der Waals surface area (Å²) in [5.41, 5.74) is 4.30. The predicted octanol–water partition coefficient (Wildman–Crippen LogP) is 6.75. The molecule has 0 aliphatic rings. The van der Waals surface area contributed by atoms with E-state index in [1.807, 2.05) is 54.6 Å². The SMILES string of the molecule is O=C(CNc1ccc2ccccc2c1)N/N=C/c1cc(Br)cc(Br)c1OC(=O)c1ccccc1I. The first-order chi connectivity index (χ1) is 16.9. The summed E-state index contributed by atoms with van der Waals surface area (Å²) in [5.74, 6) is -0.512. The molecule has 0 saturated carbocycles. The van der Waals surface area contributed by atoms with E-state index in [0.29, 0.717) is 21.3 Å². The highest BCUT2D eigenvalue weighted by Gasteiger charge is 2.17. The number of rotatable bonds is 7. The number of carbonyl (C=O) groups is 2. The molecule has 4 aromatic rings. The minimum atomic E-state index is -0.490. The van der Waals surface area contributed by atoms with Gasteiger partial charge in [-0.2, -0.15) is 5.10 Å². The van der Waals surface area contributed by atoms with Crippen LogP contribution in [0.2, 0.25) is 0 Å². The highest BCUT2D eigenvalue weighted by molar-refractivity contribution is 14.1. The van der Waals surface area contributed by atoms with Gasteiger partial charge in [0.05, 0.1) is 22.8 Å². The molecule has 4 aromatic carbocycles. The van der Waals surface area contributed by atoms with Crippen LogP contribution in [0.25, 0.3) is 10.8 Å². The Labute approximate surface area is 232 Å². The van der Waals surface area contributed by atoms with Gasteiger partial charge in [0.25, 0.3) is 5.91 Å². The molecule has 2 N–H and O–H groups in total. The lowest BCUT2D eigenvalue weighted by Crippen LogP contribution is -2.25. The summed E-state index contributed by atoms with van der Waals surface area (Å²) in [7, 11) is 0. The van der Waals surface area contributed by atoms with Crippen LogP contribution in [-0.4, -0.2) is 24.6 Å². The van der Waals surface area contributed by atoms with Crippen LogP contribution in [0.3, 0.4) is 0 Å². The van der Waals surface area contributed by atoms with Gasteiger partial charge in [0, 0.05) is 19.3 Å². The molecule has 9 heteroatoms. The maximum Gasteiger partial charge on any atom is 0.344 e. The minimum absolute atomic E-state index is 0.0478. The fraction of sp³-hybridized carbons (Fsp3) is 0.0385. The van der Waals surface area contributed by atoms with Crippen molar-refractivity contribution in [2.24, 2.45) is 5.10 Å². The highest BCUT2D eigenvalue weighted by Crippen LogP contribution is 2.33. The summed E-state index contributed by atoms with van der Waals surface area (Å²) in [6.07, 6.45) is 1.43. The number of hydrogen-bond donors (Lipinski definition) is 2. The summed E-state index contributed by atoms with van der Waals surface area (Å²) in [5, 5.41) is 9.36. The topological polar surface area (TPSA) is 79.8 Å². The summed E-state index contributed by atoms with van der Waals surface area (Å²) >= 11 is 8.95. The number of carbonyl (C=O) groups excluding carboxylic acids is 2. The molecule has 0 spiro atoms. The molecule has 0 bridgehead atoms. The van der Waals surface area contributed by atoms with E-state index >= 15 is 0 Å². The Hall–Kier alpha value is -2.76. The van der Waals surface area contributed by atoms with Gasteiger partial charge >= 0.3 is 5.97 Å². The lowest BCUT2D eigenvalue weighted by Gasteiger charge is -2.11. The van der Waals surface area contributed by atoms with Gasteiger partial charge in [-0.1, -0.05) is 58.4 Å². The molecule has 0 fully saturated rings.